The molecule has 25 heavy (non-hydrogen) atoms. The minimum Gasteiger partial charge on any atom is -0.355 e. The standard InChI is InChI=1S/C15H16FN7O2/c1-4-23-14(16)10(7-18-23)6-17-19-15(24)12-5-13(25-21-12)11-8-22(3)20-9(11)2/h5-8H,4H2,1-3H3,(H,19,24). The molecular formula is C15H16FN7O2. The van der Waals surface area contributed by atoms with Crippen LogP contribution in [0.5, 0.6) is 0 Å². The first-order chi connectivity index (χ1) is 12.0. The van der Waals surface area contributed by atoms with Gasteiger partial charge in [-0.3, -0.25) is 9.48 Å². The number of hydrogen-bond acceptors (Lipinski definition) is 6. The number of hydrazone groups is 1. The van der Waals surface area contributed by atoms with Gasteiger partial charge in [-0.15, -0.1) is 0 Å². The SMILES string of the molecule is CCn1ncc(C=NNC(=O)c2cc(-c3cn(C)nc3C)on2)c1F. The molecule has 0 spiro atoms. The Morgan fingerprint density at radius 3 is 2.96 bits per heavy atom. The smallest absolute Gasteiger partial charge is 0.293 e. The average Bonchev–Trinajstić information content (AvgIpc) is 3.27. The number of aryl methyl sites for hydroxylation is 3. The van der Waals surface area contributed by atoms with Crippen molar-refractivity contribution < 1.29 is 13.7 Å². The summed E-state index contributed by atoms with van der Waals surface area (Å²) in [7, 11) is 1.79. The Morgan fingerprint density at radius 1 is 1.52 bits per heavy atom. The first-order valence-electron chi connectivity index (χ1n) is 7.51. The summed E-state index contributed by atoms with van der Waals surface area (Å²) in [6, 6.07) is 1.49. The van der Waals surface area contributed by atoms with Crippen LogP contribution in [0, 0.1) is 12.9 Å². The Balaban J connectivity index is 1.69. The van der Waals surface area contributed by atoms with Gasteiger partial charge in [0.1, 0.15) is 0 Å². The number of rotatable bonds is 5. The molecule has 1 N–H and O–H groups in total. The van der Waals surface area contributed by atoms with Gasteiger partial charge in [0.2, 0.25) is 5.95 Å². The summed E-state index contributed by atoms with van der Waals surface area (Å²) in [5, 5.41) is 15.5. The van der Waals surface area contributed by atoms with Crippen LogP contribution in [-0.2, 0) is 13.6 Å². The molecule has 0 aromatic carbocycles. The van der Waals surface area contributed by atoms with E-state index < -0.39 is 11.9 Å². The molecule has 0 fully saturated rings. The molecule has 0 atom stereocenters. The van der Waals surface area contributed by atoms with Crippen molar-refractivity contribution in [3.05, 3.63) is 41.4 Å². The highest BCUT2D eigenvalue weighted by molar-refractivity contribution is 5.93. The van der Waals surface area contributed by atoms with E-state index in [2.05, 4.69) is 25.9 Å². The summed E-state index contributed by atoms with van der Waals surface area (Å²) in [6.07, 6.45) is 4.27. The van der Waals surface area contributed by atoms with Gasteiger partial charge in [-0.05, 0) is 13.8 Å². The number of hydrogen-bond donors (Lipinski definition) is 1. The van der Waals surface area contributed by atoms with Crippen molar-refractivity contribution in [1.29, 1.82) is 0 Å². The largest absolute Gasteiger partial charge is 0.355 e. The van der Waals surface area contributed by atoms with Crippen LogP contribution < -0.4 is 5.43 Å². The van der Waals surface area contributed by atoms with Crippen LogP contribution in [-0.4, -0.2) is 36.8 Å². The number of aromatic nitrogens is 5. The van der Waals surface area contributed by atoms with Crippen LogP contribution in [0.4, 0.5) is 4.39 Å². The van der Waals surface area contributed by atoms with Gasteiger partial charge in [-0.2, -0.15) is 19.7 Å². The van der Waals surface area contributed by atoms with E-state index in [1.54, 1.807) is 24.9 Å². The van der Waals surface area contributed by atoms with Gasteiger partial charge in [-0.25, -0.2) is 10.1 Å². The fourth-order valence-electron chi connectivity index (χ4n) is 2.26. The summed E-state index contributed by atoms with van der Waals surface area (Å²) in [5.41, 5.74) is 4.00. The van der Waals surface area contributed by atoms with Crippen LogP contribution in [0.1, 0.15) is 28.7 Å². The Hall–Kier alpha value is -3.30. The quantitative estimate of drug-likeness (QED) is 0.557. The van der Waals surface area contributed by atoms with Crippen LogP contribution in [0.25, 0.3) is 11.3 Å². The molecule has 0 saturated carbocycles. The van der Waals surface area contributed by atoms with E-state index in [-0.39, 0.29) is 11.3 Å². The third-order valence-corrected chi connectivity index (χ3v) is 3.49. The molecule has 0 aliphatic rings. The van der Waals surface area contributed by atoms with Crippen LogP contribution in [0.3, 0.4) is 0 Å². The van der Waals surface area contributed by atoms with E-state index in [1.165, 1.54) is 23.2 Å². The number of nitrogens with one attached hydrogen (secondary N) is 1. The van der Waals surface area contributed by atoms with E-state index >= 15 is 0 Å². The fourth-order valence-corrected chi connectivity index (χ4v) is 2.26. The van der Waals surface area contributed by atoms with Gasteiger partial charge < -0.3 is 4.52 Å². The van der Waals surface area contributed by atoms with E-state index in [0.717, 1.165) is 11.3 Å². The third kappa shape index (κ3) is 3.32. The average molecular weight is 345 g/mol. The predicted molar refractivity (Wildman–Crippen MR) is 86.4 cm³/mol. The van der Waals surface area contributed by atoms with Crippen LogP contribution in [0.2, 0.25) is 0 Å². The number of carbonyl (C=O) groups is 1. The summed E-state index contributed by atoms with van der Waals surface area (Å²) >= 11 is 0. The van der Waals surface area contributed by atoms with Crippen molar-refractivity contribution in [2.75, 3.05) is 0 Å². The van der Waals surface area contributed by atoms with E-state index in [4.69, 9.17) is 4.52 Å². The highest BCUT2D eigenvalue weighted by atomic mass is 19.1. The van der Waals surface area contributed by atoms with Crippen LogP contribution >= 0.6 is 0 Å². The van der Waals surface area contributed by atoms with E-state index in [9.17, 15) is 9.18 Å². The lowest BCUT2D eigenvalue weighted by atomic mass is 10.2. The summed E-state index contributed by atoms with van der Waals surface area (Å²) in [6.45, 7) is 4.00. The highest BCUT2D eigenvalue weighted by Gasteiger charge is 2.16. The van der Waals surface area contributed by atoms with E-state index in [0.29, 0.717) is 12.3 Å². The number of nitrogens with zero attached hydrogens (tertiary/aromatic N) is 6. The molecule has 0 radical (unpaired) electrons. The molecule has 1 amide bonds. The number of amides is 1. The molecular weight excluding hydrogens is 329 g/mol. The Bertz CT molecular complexity index is 938. The molecule has 10 heteroatoms. The van der Waals surface area contributed by atoms with Crippen molar-refractivity contribution >= 4 is 12.1 Å². The molecule has 0 bridgehead atoms. The second-order valence-electron chi connectivity index (χ2n) is 5.28. The van der Waals surface area contributed by atoms with Crippen molar-refractivity contribution in [2.24, 2.45) is 12.1 Å². The maximum absolute atomic E-state index is 13.8. The predicted octanol–water partition coefficient (Wildman–Crippen LogP) is 1.50. The zero-order chi connectivity index (χ0) is 18.0. The number of carbonyl (C=O) groups excluding carboxylic acids is 1. The molecule has 3 rings (SSSR count). The normalized spacial score (nSPS) is 11.4. The van der Waals surface area contributed by atoms with Gasteiger partial charge >= 0.3 is 0 Å². The Morgan fingerprint density at radius 2 is 2.32 bits per heavy atom. The zero-order valence-electron chi connectivity index (χ0n) is 13.9. The number of halogens is 1. The second kappa shape index (κ2) is 6.67. The first-order valence-corrected chi connectivity index (χ1v) is 7.51. The molecule has 9 nitrogen and oxygen atoms in total. The first kappa shape index (κ1) is 16.6. The van der Waals surface area contributed by atoms with Crippen molar-refractivity contribution in [2.45, 2.75) is 20.4 Å². The maximum atomic E-state index is 13.8. The minimum atomic E-state index is -0.573. The third-order valence-electron chi connectivity index (χ3n) is 3.49. The monoisotopic (exact) mass is 345 g/mol. The molecule has 3 aromatic heterocycles. The van der Waals surface area contributed by atoms with Gasteiger partial charge in [0.05, 0.1) is 29.2 Å². The highest BCUT2D eigenvalue weighted by Crippen LogP contribution is 2.22. The lowest BCUT2D eigenvalue weighted by Crippen LogP contribution is -2.17. The maximum Gasteiger partial charge on any atom is 0.293 e. The Kier molecular flexibility index (Phi) is 4.42. The van der Waals surface area contributed by atoms with E-state index in [1.807, 2.05) is 6.92 Å². The Labute approximate surface area is 142 Å². The summed E-state index contributed by atoms with van der Waals surface area (Å²) < 4.78 is 21.8. The fraction of sp³-hybridized carbons (Fsp3) is 0.267. The molecule has 0 saturated heterocycles. The van der Waals surface area contributed by atoms with Crippen LogP contribution in [0.15, 0.2) is 28.1 Å². The van der Waals surface area contributed by atoms with Gasteiger partial charge in [0, 0.05) is 25.9 Å². The molecule has 0 aliphatic carbocycles. The lowest BCUT2D eigenvalue weighted by molar-refractivity contribution is 0.0946. The zero-order valence-corrected chi connectivity index (χ0v) is 13.9. The molecule has 3 aromatic rings. The second-order valence-corrected chi connectivity index (χ2v) is 5.28. The minimum absolute atomic E-state index is 0.0557. The molecule has 130 valence electrons. The van der Waals surface area contributed by atoms with Gasteiger partial charge in [-0.1, -0.05) is 5.16 Å². The van der Waals surface area contributed by atoms with Gasteiger partial charge in [0.25, 0.3) is 5.91 Å². The van der Waals surface area contributed by atoms with Gasteiger partial charge in [0.15, 0.2) is 11.5 Å². The van der Waals surface area contributed by atoms with Crippen molar-refractivity contribution in [3.63, 3.8) is 0 Å². The lowest BCUT2D eigenvalue weighted by Gasteiger charge is -1.95. The molecule has 3 heterocycles. The summed E-state index contributed by atoms with van der Waals surface area (Å²) in [4.78, 5) is 12.0. The molecule has 0 unspecified atom stereocenters. The topological polar surface area (TPSA) is 103 Å². The van der Waals surface area contributed by atoms with Crippen molar-refractivity contribution in [3.8, 4) is 11.3 Å². The molecule has 0 aliphatic heterocycles. The summed E-state index contributed by atoms with van der Waals surface area (Å²) in [5.74, 6) is -0.664. The van der Waals surface area contributed by atoms with Crippen molar-refractivity contribution in [1.82, 2.24) is 30.1 Å².